The lowest BCUT2D eigenvalue weighted by atomic mass is 10.1. The molecule has 0 saturated carbocycles. The standard InChI is InChI=1S/C13H25N3/c1-5-6-7-12(14-4)10-13-8-9-16(15-13)11(2)3/h8-9,11-12,14H,5-7,10H2,1-4H3. The highest BCUT2D eigenvalue weighted by Gasteiger charge is 2.09. The second-order valence-electron chi connectivity index (χ2n) is 4.71. The van der Waals surface area contributed by atoms with Crippen LogP contribution in [-0.4, -0.2) is 22.9 Å². The van der Waals surface area contributed by atoms with Crippen molar-refractivity contribution < 1.29 is 0 Å². The summed E-state index contributed by atoms with van der Waals surface area (Å²) in [5.41, 5.74) is 1.20. The molecule has 1 aromatic heterocycles. The first-order chi connectivity index (χ1) is 7.67. The second-order valence-corrected chi connectivity index (χ2v) is 4.71. The van der Waals surface area contributed by atoms with Crippen LogP contribution in [0.5, 0.6) is 0 Å². The maximum atomic E-state index is 4.58. The number of aromatic nitrogens is 2. The van der Waals surface area contributed by atoms with E-state index in [9.17, 15) is 0 Å². The summed E-state index contributed by atoms with van der Waals surface area (Å²) in [6.45, 7) is 6.55. The van der Waals surface area contributed by atoms with Crippen LogP contribution in [0.25, 0.3) is 0 Å². The number of rotatable bonds is 7. The molecule has 0 saturated heterocycles. The molecule has 0 spiro atoms. The van der Waals surface area contributed by atoms with E-state index in [1.165, 1.54) is 25.0 Å². The molecular weight excluding hydrogens is 198 g/mol. The molecule has 1 rings (SSSR count). The molecular formula is C13H25N3. The van der Waals surface area contributed by atoms with Crippen molar-refractivity contribution in [2.24, 2.45) is 0 Å². The average Bonchev–Trinajstić information content (AvgIpc) is 2.72. The van der Waals surface area contributed by atoms with E-state index in [1.807, 2.05) is 11.7 Å². The largest absolute Gasteiger partial charge is 0.317 e. The third-order valence-electron chi connectivity index (χ3n) is 2.96. The van der Waals surface area contributed by atoms with Crippen molar-refractivity contribution >= 4 is 0 Å². The van der Waals surface area contributed by atoms with E-state index in [4.69, 9.17) is 0 Å². The van der Waals surface area contributed by atoms with Gasteiger partial charge in [0.1, 0.15) is 0 Å². The molecule has 0 aromatic carbocycles. The average molecular weight is 223 g/mol. The number of hydrogen-bond acceptors (Lipinski definition) is 2. The first-order valence-electron chi connectivity index (χ1n) is 6.38. The highest BCUT2D eigenvalue weighted by Crippen LogP contribution is 2.09. The van der Waals surface area contributed by atoms with Gasteiger partial charge in [0.25, 0.3) is 0 Å². The maximum absolute atomic E-state index is 4.58. The predicted molar refractivity (Wildman–Crippen MR) is 68.7 cm³/mol. The Morgan fingerprint density at radius 3 is 2.69 bits per heavy atom. The Morgan fingerprint density at radius 1 is 1.44 bits per heavy atom. The van der Waals surface area contributed by atoms with Crippen LogP contribution in [0.3, 0.4) is 0 Å². The van der Waals surface area contributed by atoms with Crippen molar-refractivity contribution in [1.82, 2.24) is 15.1 Å². The molecule has 1 heterocycles. The van der Waals surface area contributed by atoms with E-state index in [1.54, 1.807) is 0 Å². The Bertz CT molecular complexity index is 291. The second kappa shape index (κ2) is 6.69. The Hall–Kier alpha value is -0.830. The maximum Gasteiger partial charge on any atom is 0.0640 e. The lowest BCUT2D eigenvalue weighted by Gasteiger charge is -2.14. The lowest BCUT2D eigenvalue weighted by Crippen LogP contribution is -2.27. The van der Waals surface area contributed by atoms with Gasteiger partial charge in [0.05, 0.1) is 5.69 Å². The van der Waals surface area contributed by atoms with Crippen LogP contribution in [0.1, 0.15) is 51.8 Å². The van der Waals surface area contributed by atoms with Crippen molar-refractivity contribution in [2.75, 3.05) is 7.05 Å². The van der Waals surface area contributed by atoms with E-state index in [-0.39, 0.29) is 0 Å². The minimum atomic E-state index is 0.456. The summed E-state index contributed by atoms with van der Waals surface area (Å²) in [5, 5.41) is 7.96. The Balaban J connectivity index is 2.49. The minimum absolute atomic E-state index is 0.456. The first-order valence-corrected chi connectivity index (χ1v) is 6.38. The van der Waals surface area contributed by atoms with E-state index < -0.39 is 0 Å². The van der Waals surface area contributed by atoms with Crippen LogP contribution in [-0.2, 0) is 6.42 Å². The van der Waals surface area contributed by atoms with Gasteiger partial charge >= 0.3 is 0 Å². The van der Waals surface area contributed by atoms with Gasteiger partial charge in [-0.25, -0.2) is 0 Å². The van der Waals surface area contributed by atoms with E-state index in [2.05, 4.69) is 43.4 Å². The summed E-state index contributed by atoms with van der Waals surface area (Å²) in [5.74, 6) is 0. The van der Waals surface area contributed by atoms with Crippen LogP contribution in [0, 0.1) is 0 Å². The van der Waals surface area contributed by atoms with Gasteiger partial charge in [-0.3, -0.25) is 4.68 Å². The van der Waals surface area contributed by atoms with Crippen molar-refractivity contribution in [2.45, 2.75) is 58.5 Å². The summed E-state index contributed by atoms with van der Waals surface area (Å²) < 4.78 is 2.03. The Morgan fingerprint density at radius 2 is 2.19 bits per heavy atom. The number of likely N-dealkylation sites (N-methyl/N-ethyl adjacent to an activating group) is 1. The molecule has 0 bridgehead atoms. The van der Waals surface area contributed by atoms with Crippen molar-refractivity contribution in [1.29, 1.82) is 0 Å². The zero-order chi connectivity index (χ0) is 12.0. The van der Waals surface area contributed by atoms with E-state index in [0.717, 1.165) is 6.42 Å². The van der Waals surface area contributed by atoms with Gasteiger partial charge in [-0.15, -0.1) is 0 Å². The molecule has 1 atom stereocenters. The quantitative estimate of drug-likeness (QED) is 0.770. The summed E-state index contributed by atoms with van der Waals surface area (Å²) in [6.07, 6.45) is 6.90. The molecule has 1 aromatic rings. The molecule has 0 fully saturated rings. The van der Waals surface area contributed by atoms with Crippen LogP contribution in [0.2, 0.25) is 0 Å². The molecule has 3 heteroatoms. The Labute approximate surface area is 99.2 Å². The molecule has 0 radical (unpaired) electrons. The van der Waals surface area contributed by atoms with Gasteiger partial charge in [-0.2, -0.15) is 5.10 Å². The van der Waals surface area contributed by atoms with Crippen molar-refractivity contribution in [3.8, 4) is 0 Å². The van der Waals surface area contributed by atoms with Crippen LogP contribution < -0.4 is 5.32 Å². The summed E-state index contributed by atoms with van der Waals surface area (Å²) in [7, 11) is 2.04. The van der Waals surface area contributed by atoms with Crippen LogP contribution >= 0.6 is 0 Å². The summed E-state index contributed by atoms with van der Waals surface area (Å²) in [4.78, 5) is 0. The van der Waals surface area contributed by atoms with Crippen LogP contribution in [0.15, 0.2) is 12.3 Å². The smallest absolute Gasteiger partial charge is 0.0640 e. The fraction of sp³-hybridized carbons (Fsp3) is 0.769. The van der Waals surface area contributed by atoms with Crippen molar-refractivity contribution in [3.05, 3.63) is 18.0 Å². The van der Waals surface area contributed by atoms with Gasteiger partial charge in [0.2, 0.25) is 0 Å². The molecule has 0 aliphatic carbocycles. The predicted octanol–water partition coefficient (Wildman–Crippen LogP) is 2.78. The monoisotopic (exact) mass is 223 g/mol. The van der Waals surface area contributed by atoms with E-state index >= 15 is 0 Å². The fourth-order valence-corrected chi connectivity index (χ4v) is 1.83. The zero-order valence-electron chi connectivity index (χ0n) is 11.0. The SMILES string of the molecule is CCCCC(Cc1ccn(C(C)C)n1)NC. The summed E-state index contributed by atoms with van der Waals surface area (Å²) >= 11 is 0. The first kappa shape index (κ1) is 13.2. The molecule has 0 aliphatic heterocycles. The molecule has 16 heavy (non-hydrogen) atoms. The third-order valence-corrected chi connectivity index (χ3v) is 2.96. The third kappa shape index (κ3) is 3.97. The Kier molecular flexibility index (Phi) is 5.53. The van der Waals surface area contributed by atoms with Crippen molar-refractivity contribution in [3.63, 3.8) is 0 Å². The number of hydrogen-bond donors (Lipinski definition) is 1. The molecule has 92 valence electrons. The number of nitrogens with one attached hydrogen (secondary N) is 1. The number of unbranched alkanes of at least 4 members (excludes halogenated alkanes) is 1. The highest BCUT2D eigenvalue weighted by atomic mass is 15.3. The molecule has 0 aliphatic rings. The fourth-order valence-electron chi connectivity index (χ4n) is 1.83. The minimum Gasteiger partial charge on any atom is -0.317 e. The topological polar surface area (TPSA) is 29.9 Å². The van der Waals surface area contributed by atoms with Gasteiger partial charge in [-0.1, -0.05) is 19.8 Å². The van der Waals surface area contributed by atoms with Gasteiger partial charge in [0, 0.05) is 24.7 Å². The molecule has 1 N–H and O–H groups in total. The molecule has 3 nitrogen and oxygen atoms in total. The number of nitrogens with zero attached hydrogens (tertiary/aromatic N) is 2. The van der Waals surface area contributed by atoms with E-state index in [0.29, 0.717) is 12.1 Å². The molecule has 0 amide bonds. The molecule has 1 unspecified atom stereocenters. The normalized spacial score (nSPS) is 13.3. The van der Waals surface area contributed by atoms with Gasteiger partial charge in [-0.05, 0) is 33.4 Å². The van der Waals surface area contributed by atoms with Gasteiger partial charge in [0.15, 0.2) is 0 Å². The van der Waals surface area contributed by atoms with Crippen LogP contribution in [0.4, 0.5) is 0 Å². The summed E-state index contributed by atoms with van der Waals surface area (Å²) in [6, 6.07) is 3.16. The van der Waals surface area contributed by atoms with Gasteiger partial charge < -0.3 is 5.32 Å². The highest BCUT2D eigenvalue weighted by molar-refractivity contribution is 5.02. The zero-order valence-corrected chi connectivity index (χ0v) is 11.0. The lowest BCUT2D eigenvalue weighted by molar-refractivity contribution is 0.481.